The van der Waals surface area contributed by atoms with E-state index in [0.717, 1.165) is 5.56 Å². The second kappa shape index (κ2) is 4.94. The fourth-order valence-corrected chi connectivity index (χ4v) is 2.12. The SMILES string of the molecule is Cc1ccc(F)cc1C(O)c1ncccc1Br. The highest BCUT2D eigenvalue weighted by Gasteiger charge is 2.17. The van der Waals surface area contributed by atoms with Crippen molar-refractivity contribution in [2.45, 2.75) is 13.0 Å². The molecule has 0 radical (unpaired) electrons. The third-order valence-electron chi connectivity index (χ3n) is 2.58. The van der Waals surface area contributed by atoms with E-state index in [4.69, 9.17) is 0 Å². The lowest BCUT2D eigenvalue weighted by Gasteiger charge is -2.14. The smallest absolute Gasteiger partial charge is 0.123 e. The number of aliphatic hydroxyl groups is 1. The lowest BCUT2D eigenvalue weighted by molar-refractivity contribution is 0.213. The molecule has 2 rings (SSSR count). The number of hydrogen-bond donors (Lipinski definition) is 1. The molecule has 0 saturated carbocycles. The zero-order valence-corrected chi connectivity index (χ0v) is 10.8. The molecule has 1 heterocycles. The van der Waals surface area contributed by atoms with Crippen molar-refractivity contribution in [2.75, 3.05) is 0 Å². The Hall–Kier alpha value is -1.26. The van der Waals surface area contributed by atoms with Gasteiger partial charge in [-0.1, -0.05) is 6.07 Å². The minimum absolute atomic E-state index is 0.364. The minimum atomic E-state index is -0.929. The first kappa shape index (κ1) is 12.2. The summed E-state index contributed by atoms with van der Waals surface area (Å²) in [6.45, 7) is 1.83. The van der Waals surface area contributed by atoms with Crippen LogP contribution in [0.1, 0.15) is 22.9 Å². The molecule has 1 unspecified atom stereocenters. The summed E-state index contributed by atoms with van der Waals surface area (Å²) >= 11 is 3.32. The number of rotatable bonds is 2. The predicted molar refractivity (Wildman–Crippen MR) is 67.1 cm³/mol. The second-order valence-electron chi connectivity index (χ2n) is 3.77. The summed E-state index contributed by atoms with van der Waals surface area (Å²) in [4.78, 5) is 4.11. The summed E-state index contributed by atoms with van der Waals surface area (Å²) < 4.78 is 13.9. The van der Waals surface area contributed by atoms with Crippen LogP contribution in [-0.2, 0) is 0 Å². The highest BCUT2D eigenvalue weighted by atomic mass is 79.9. The van der Waals surface area contributed by atoms with Gasteiger partial charge in [0, 0.05) is 10.7 Å². The molecular weight excluding hydrogens is 285 g/mol. The van der Waals surface area contributed by atoms with Gasteiger partial charge in [-0.05, 0) is 58.2 Å². The number of pyridine rings is 1. The van der Waals surface area contributed by atoms with Gasteiger partial charge in [0.25, 0.3) is 0 Å². The maximum absolute atomic E-state index is 13.2. The predicted octanol–water partition coefficient (Wildman–Crippen LogP) is 3.37. The Morgan fingerprint density at radius 1 is 1.35 bits per heavy atom. The molecule has 0 aliphatic carbocycles. The Morgan fingerprint density at radius 2 is 2.12 bits per heavy atom. The van der Waals surface area contributed by atoms with Crippen molar-refractivity contribution in [3.63, 3.8) is 0 Å². The van der Waals surface area contributed by atoms with Gasteiger partial charge in [0.15, 0.2) is 0 Å². The first-order chi connectivity index (χ1) is 8.09. The van der Waals surface area contributed by atoms with Crippen LogP contribution in [-0.4, -0.2) is 10.1 Å². The van der Waals surface area contributed by atoms with Crippen LogP contribution < -0.4 is 0 Å². The van der Waals surface area contributed by atoms with Gasteiger partial charge in [0.2, 0.25) is 0 Å². The van der Waals surface area contributed by atoms with Crippen LogP contribution in [0.5, 0.6) is 0 Å². The summed E-state index contributed by atoms with van der Waals surface area (Å²) in [5.41, 5.74) is 1.85. The molecule has 17 heavy (non-hydrogen) atoms. The van der Waals surface area contributed by atoms with Crippen molar-refractivity contribution in [1.29, 1.82) is 0 Å². The Bertz CT molecular complexity index is 545. The number of benzene rings is 1. The van der Waals surface area contributed by atoms with E-state index in [0.29, 0.717) is 15.7 Å². The summed E-state index contributed by atoms with van der Waals surface area (Å²) in [6, 6.07) is 7.91. The largest absolute Gasteiger partial charge is 0.382 e. The number of hydrogen-bond acceptors (Lipinski definition) is 2. The molecule has 1 aromatic heterocycles. The average Bonchev–Trinajstić information content (AvgIpc) is 2.32. The fourth-order valence-electron chi connectivity index (χ4n) is 1.65. The molecule has 2 aromatic rings. The van der Waals surface area contributed by atoms with Crippen molar-refractivity contribution >= 4 is 15.9 Å². The van der Waals surface area contributed by atoms with Crippen LogP contribution in [0.3, 0.4) is 0 Å². The molecule has 0 amide bonds. The van der Waals surface area contributed by atoms with Crippen molar-refractivity contribution in [3.8, 4) is 0 Å². The van der Waals surface area contributed by atoms with E-state index in [2.05, 4.69) is 20.9 Å². The first-order valence-corrected chi connectivity index (χ1v) is 5.93. The van der Waals surface area contributed by atoms with Crippen LogP contribution in [0.25, 0.3) is 0 Å². The van der Waals surface area contributed by atoms with E-state index in [1.165, 1.54) is 12.1 Å². The highest BCUT2D eigenvalue weighted by molar-refractivity contribution is 9.10. The molecule has 0 fully saturated rings. The third-order valence-corrected chi connectivity index (χ3v) is 3.25. The van der Waals surface area contributed by atoms with Gasteiger partial charge in [0.1, 0.15) is 11.9 Å². The van der Waals surface area contributed by atoms with Crippen molar-refractivity contribution in [2.24, 2.45) is 0 Å². The van der Waals surface area contributed by atoms with Crippen molar-refractivity contribution in [3.05, 3.63) is 63.6 Å². The molecule has 0 aliphatic heterocycles. The van der Waals surface area contributed by atoms with Gasteiger partial charge in [-0.2, -0.15) is 0 Å². The minimum Gasteiger partial charge on any atom is -0.382 e. The average molecular weight is 296 g/mol. The zero-order valence-electron chi connectivity index (χ0n) is 9.19. The molecule has 0 spiro atoms. The van der Waals surface area contributed by atoms with Crippen LogP contribution in [0.15, 0.2) is 41.0 Å². The van der Waals surface area contributed by atoms with Gasteiger partial charge in [0.05, 0.1) is 5.69 Å². The van der Waals surface area contributed by atoms with Crippen LogP contribution in [0, 0.1) is 12.7 Å². The standard InChI is InChI=1S/C13H11BrFNO/c1-8-4-5-9(15)7-10(8)13(17)12-11(14)3-2-6-16-12/h2-7,13,17H,1H3. The number of aliphatic hydroxyl groups excluding tert-OH is 1. The normalized spacial score (nSPS) is 12.5. The van der Waals surface area contributed by atoms with Gasteiger partial charge in [-0.3, -0.25) is 4.98 Å². The molecule has 0 bridgehead atoms. The third kappa shape index (κ3) is 2.53. The molecule has 0 aliphatic rings. The van der Waals surface area contributed by atoms with Gasteiger partial charge in [-0.25, -0.2) is 4.39 Å². The maximum atomic E-state index is 13.2. The molecule has 1 N–H and O–H groups in total. The van der Waals surface area contributed by atoms with Crippen molar-refractivity contribution in [1.82, 2.24) is 4.98 Å². The van der Waals surface area contributed by atoms with Gasteiger partial charge < -0.3 is 5.11 Å². The second-order valence-corrected chi connectivity index (χ2v) is 4.63. The summed E-state index contributed by atoms with van der Waals surface area (Å²) in [6.07, 6.45) is 0.666. The highest BCUT2D eigenvalue weighted by Crippen LogP contribution is 2.28. The van der Waals surface area contributed by atoms with E-state index in [-0.39, 0.29) is 5.82 Å². The zero-order chi connectivity index (χ0) is 12.4. The monoisotopic (exact) mass is 295 g/mol. The number of aromatic nitrogens is 1. The number of halogens is 2. The summed E-state index contributed by atoms with van der Waals surface area (Å²) in [5, 5.41) is 10.2. The van der Waals surface area contributed by atoms with Gasteiger partial charge >= 0.3 is 0 Å². The summed E-state index contributed by atoms with van der Waals surface area (Å²) in [7, 11) is 0. The molecule has 1 aromatic carbocycles. The van der Waals surface area contributed by atoms with E-state index in [1.54, 1.807) is 24.4 Å². The molecule has 2 nitrogen and oxygen atoms in total. The quantitative estimate of drug-likeness (QED) is 0.921. The molecule has 1 atom stereocenters. The Balaban J connectivity index is 2.47. The van der Waals surface area contributed by atoms with Crippen LogP contribution in [0.4, 0.5) is 4.39 Å². The lowest BCUT2D eigenvalue weighted by atomic mass is 10.0. The van der Waals surface area contributed by atoms with Crippen LogP contribution >= 0.6 is 15.9 Å². The van der Waals surface area contributed by atoms with E-state index in [9.17, 15) is 9.50 Å². The number of nitrogens with zero attached hydrogens (tertiary/aromatic N) is 1. The Labute approximate surface area is 107 Å². The van der Waals surface area contributed by atoms with E-state index in [1.807, 2.05) is 6.92 Å². The molecule has 0 saturated heterocycles. The number of aryl methyl sites for hydroxylation is 1. The molecular formula is C13H11BrFNO. The van der Waals surface area contributed by atoms with E-state index >= 15 is 0 Å². The fraction of sp³-hybridized carbons (Fsp3) is 0.154. The topological polar surface area (TPSA) is 33.1 Å². The van der Waals surface area contributed by atoms with Crippen molar-refractivity contribution < 1.29 is 9.50 Å². The lowest BCUT2D eigenvalue weighted by Crippen LogP contribution is -2.05. The Morgan fingerprint density at radius 3 is 2.82 bits per heavy atom. The summed E-state index contributed by atoms with van der Waals surface area (Å²) in [5.74, 6) is -0.364. The van der Waals surface area contributed by atoms with Gasteiger partial charge in [-0.15, -0.1) is 0 Å². The molecule has 88 valence electrons. The van der Waals surface area contributed by atoms with E-state index < -0.39 is 6.10 Å². The maximum Gasteiger partial charge on any atom is 0.123 e. The molecule has 4 heteroatoms. The van der Waals surface area contributed by atoms with Crippen LogP contribution in [0.2, 0.25) is 0 Å². The Kier molecular flexibility index (Phi) is 3.54. The first-order valence-electron chi connectivity index (χ1n) is 5.14.